The summed E-state index contributed by atoms with van der Waals surface area (Å²) in [5.74, 6) is -1.75. The number of aromatic nitrogens is 1. The third-order valence-corrected chi connectivity index (χ3v) is 2.49. The Bertz CT molecular complexity index is 381. The summed E-state index contributed by atoms with van der Waals surface area (Å²) in [7, 11) is 0. The molecule has 0 aromatic carbocycles. The smallest absolute Gasteiger partial charge is 0.326 e. The summed E-state index contributed by atoms with van der Waals surface area (Å²) in [5, 5.41) is 12.8. The molecule has 0 spiro atoms. The van der Waals surface area contributed by atoms with Gasteiger partial charge in [0, 0.05) is 5.38 Å². The lowest BCUT2D eigenvalue weighted by Crippen LogP contribution is -2.21. The van der Waals surface area contributed by atoms with Crippen molar-refractivity contribution in [3.05, 3.63) is 11.1 Å². The van der Waals surface area contributed by atoms with Gasteiger partial charge in [0.2, 0.25) is 5.91 Å². The summed E-state index contributed by atoms with van der Waals surface area (Å²) < 4.78 is 0. The van der Waals surface area contributed by atoms with E-state index in [4.69, 9.17) is 22.4 Å². The Balaban J connectivity index is 2.72. The van der Waals surface area contributed by atoms with Gasteiger partial charge < -0.3 is 16.2 Å². The van der Waals surface area contributed by atoms with Crippen molar-refractivity contribution in [1.29, 1.82) is 0 Å². The van der Waals surface area contributed by atoms with E-state index in [-0.39, 0.29) is 16.7 Å². The van der Waals surface area contributed by atoms with Crippen LogP contribution in [0.5, 0.6) is 0 Å². The predicted molar refractivity (Wildman–Crippen MR) is 56.0 cm³/mol. The topological polar surface area (TPSA) is 105 Å². The van der Waals surface area contributed by atoms with Crippen molar-refractivity contribution in [3.63, 3.8) is 0 Å². The Kier molecular flexibility index (Phi) is 4.01. The van der Waals surface area contributed by atoms with Gasteiger partial charge in [-0.1, -0.05) is 0 Å². The van der Waals surface area contributed by atoms with E-state index in [0.29, 0.717) is 0 Å². The molecule has 0 aliphatic carbocycles. The van der Waals surface area contributed by atoms with E-state index in [0.717, 1.165) is 11.3 Å². The number of halogens is 1. The van der Waals surface area contributed by atoms with E-state index in [1.54, 1.807) is 0 Å². The Morgan fingerprint density at radius 3 is 2.93 bits per heavy atom. The third-order valence-electron chi connectivity index (χ3n) is 1.47. The molecule has 0 aliphatic heterocycles. The first-order valence-corrected chi connectivity index (χ1v) is 5.25. The van der Waals surface area contributed by atoms with Gasteiger partial charge in [-0.2, -0.15) is 0 Å². The lowest BCUT2D eigenvalue weighted by atomic mass is 10.2. The largest absolute Gasteiger partial charge is 0.480 e. The molecule has 0 saturated heterocycles. The zero-order valence-electron chi connectivity index (χ0n) is 7.44. The SMILES string of the molecule is NC(C(=O)O)c1csc(NC(=O)CCl)n1. The Hall–Kier alpha value is -1.18. The molecular formula is C7H8ClN3O3S. The second kappa shape index (κ2) is 5.06. The van der Waals surface area contributed by atoms with Crippen LogP contribution < -0.4 is 11.1 Å². The number of nitrogens with one attached hydrogen (secondary N) is 1. The number of alkyl halides is 1. The van der Waals surface area contributed by atoms with Gasteiger partial charge in [-0.15, -0.1) is 22.9 Å². The maximum Gasteiger partial charge on any atom is 0.326 e. The number of hydrogen-bond acceptors (Lipinski definition) is 5. The average Bonchev–Trinajstić information content (AvgIpc) is 2.64. The Labute approximate surface area is 94.1 Å². The Morgan fingerprint density at radius 1 is 1.73 bits per heavy atom. The van der Waals surface area contributed by atoms with Gasteiger partial charge in [-0.3, -0.25) is 9.59 Å². The van der Waals surface area contributed by atoms with E-state index in [9.17, 15) is 9.59 Å². The normalized spacial score (nSPS) is 12.1. The zero-order valence-corrected chi connectivity index (χ0v) is 9.01. The molecule has 1 rings (SSSR count). The standard InChI is InChI=1S/C7H8ClN3O3S/c8-1-4(12)11-7-10-3(2-15-7)5(9)6(13)14/h2,5H,1,9H2,(H,13,14)(H,10,11,12). The van der Waals surface area contributed by atoms with Crippen LogP contribution >= 0.6 is 22.9 Å². The van der Waals surface area contributed by atoms with E-state index in [2.05, 4.69) is 10.3 Å². The van der Waals surface area contributed by atoms with Crippen molar-refractivity contribution in [2.75, 3.05) is 11.2 Å². The number of nitrogens with two attached hydrogens (primary N) is 1. The quantitative estimate of drug-likeness (QED) is 0.670. The second-order valence-corrected chi connectivity index (χ2v) is 3.70. The van der Waals surface area contributed by atoms with Crippen LogP contribution in [0.4, 0.5) is 5.13 Å². The molecule has 82 valence electrons. The van der Waals surface area contributed by atoms with Crippen LogP contribution in [0.25, 0.3) is 0 Å². The molecule has 1 heterocycles. The second-order valence-electron chi connectivity index (χ2n) is 2.58. The van der Waals surface area contributed by atoms with Gasteiger partial charge in [-0.05, 0) is 0 Å². The minimum atomic E-state index is -1.18. The molecule has 6 nitrogen and oxygen atoms in total. The monoisotopic (exact) mass is 249 g/mol. The molecule has 0 fully saturated rings. The first-order chi connectivity index (χ1) is 7.04. The summed E-state index contributed by atoms with van der Waals surface area (Å²) in [6.45, 7) is 0. The van der Waals surface area contributed by atoms with Crippen LogP contribution in [0, 0.1) is 0 Å². The fourth-order valence-electron chi connectivity index (χ4n) is 0.766. The summed E-state index contributed by atoms with van der Waals surface area (Å²) >= 11 is 6.36. The highest BCUT2D eigenvalue weighted by Crippen LogP contribution is 2.19. The van der Waals surface area contributed by atoms with Crippen molar-refractivity contribution >= 4 is 39.9 Å². The maximum atomic E-state index is 10.9. The number of amides is 1. The molecule has 15 heavy (non-hydrogen) atoms. The van der Waals surface area contributed by atoms with Crippen LogP contribution in [0.1, 0.15) is 11.7 Å². The number of carbonyl (C=O) groups is 2. The number of rotatable bonds is 4. The predicted octanol–water partition coefficient (Wildman–Crippen LogP) is 0.405. The van der Waals surface area contributed by atoms with Crippen molar-refractivity contribution in [3.8, 4) is 0 Å². The molecule has 1 aromatic heterocycles. The average molecular weight is 250 g/mol. The highest BCUT2D eigenvalue weighted by Gasteiger charge is 2.17. The highest BCUT2D eigenvalue weighted by atomic mass is 35.5. The lowest BCUT2D eigenvalue weighted by molar-refractivity contribution is -0.138. The number of hydrogen-bond donors (Lipinski definition) is 3. The number of thiazole rings is 1. The van der Waals surface area contributed by atoms with E-state index in [1.807, 2.05) is 0 Å². The lowest BCUT2D eigenvalue weighted by Gasteiger charge is -2.00. The Morgan fingerprint density at radius 2 is 2.40 bits per heavy atom. The van der Waals surface area contributed by atoms with E-state index >= 15 is 0 Å². The van der Waals surface area contributed by atoms with Crippen LogP contribution in [0.3, 0.4) is 0 Å². The number of carbonyl (C=O) groups excluding carboxylic acids is 1. The fourth-order valence-corrected chi connectivity index (χ4v) is 1.59. The minimum Gasteiger partial charge on any atom is -0.480 e. The van der Waals surface area contributed by atoms with Crippen molar-refractivity contribution < 1.29 is 14.7 Å². The number of aliphatic carboxylic acids is 1. The van der Waals surface area contributed by atoms with E-state index < -0.39 is 17.9 Å². The molecule has 8 heteroatoms. The molecule has 0 saturated carbocycles. The summed E-state index contributed by atoms with van der Waals surface area (Å²) in [6, 6.07) is -1.18. The molecule has 0 bridgehead atoms. The van der Waals surface area contributed by atoms with Gasteiger partial charge in [0.05, 0.1) is 5.69 Å². The first kappa shape index (κ1) is 11.9. The maximum absolute atomic E-state index is 10.9. The number of nitrogens with zero attached hydrogens (tertiary/aromatic N) is 1. The zero-order chi connectivity index (χ0) is 11.4. The van der Waals surface area contributed by atoms with Gasteiger partial charge in [0.25, 0.3) is 0 Å². The fraction of sp³-hybridized carbons (Fsp3) is 0.286. The number of carboxylic acids is 1. The molecule has 1 aromatic rings. The number of carboxylic acid groups (broad SMARTS) is 1. The van der Waals surface area contributed by atoms with Gasteiger partial charge in [0.1, 0.15) is 11.9 Å². The molecule has 0 radical (unpaired) electrons. The minimum absolute atomic E-state index is 0.181. The molecule has 1 amide bonds. The van der Waals surface area contributed by atoms with Crippen molar-refractivity contribution in [2.24, 2.45) is 5.73 Å². The summed E-state index contributed by atoms with van der Waals surface area (Å²) in [5.41, 5.74) is 5.53. The first-order valence-electron chi connectivity index (χ1n) is 3.84. The van der Waals surface area contributed by atoms with Crippen LogP contribution in [0.15, 0.2) is 5.38 Å². The van der Waals surface area contributed by atoms with Crippen LogP contribution in [-0.2, 0) is 9.59 Å². The summed E-state index contributed by atoms with van der Waals surface area (Å²) in [4.78, 5) is 25.2. The highest BCUT2D eigenvalue weighted by molar-refractivity contribution is 7.14. The van der Waals surface area contributed by atoms with Crippen LogP contribution in [-0.4, -0.2) is 27.8 Å². The molecule has 0 aliphatic rings. The molecular weight excluding hydrogens is 242 g/mol. The van der Waals surface area contributed by atoms with Crippen molar-refractivity contribution in [2.45, 2.75) is 6.04 Å². The van der Waals surface area contributed by atoms with Gasteiger partial charge in [-0.25, -0.2) is 4.98 Å². The number of anilines is 1. The van der Waals surface area contributed by atoms with Gasteiger partial charge in [0.15, 0.2) is 5.13 Å². The van der Waals surface area contributed by atoms with E-state index in [1.165, 1.54) is 5.38 Å². The van der Waals surface area contributed by atoms with Crippen LogP contribution in [0.2, 0.25) is 0 Å². The van der Waals surface area contributed by atoms with Crippen molar-refractivity contribution in [1.82, 2.24) is 4.98 Å². The summed E-state index contributed by atoms with van der Waals surface area (Å²) in [6.07, 6.45) is 0. The third kappa shape index (κ3) is 3.15. The molecule has 1 unspecified atom stereocenters. The molecule has 1 atom stereocenters. The van der Waals surface area contributed by atoms with Gasteiger partial charge >= 0.3 is 5.97 Å². The molecule has 4 N–H and O–H groups in total.